The SMILES string of the molecule is COc1cc(OC)c(NC(=O)c2ccc(OCC(=O)N3C(C)CCCC3C)cc2)cc1Cl. The van der Waals surface area contributed by atoms with Gasteiger partial charge in [0.2, 0.25) is 0 Å². The number of nitrogens with zero attached hydrogens (tertiary/aromatic N) is 1. The maximum absolute atomic E-state index is 12.7. The summed E-state index contributed by atoms with van der Waals surface area (Å²) in [6, 6.07) is 10.2. The van der Waals surface area contributed by atoms with Crippen LogP contribution in [0.2, 0.25) is 5.02 Å². The monoisotopic (exact) mass is 460 g/mol. The number of anilines is 1. The van der Waals surface area contributed by atoms with E-state index in [0.717, 1.165) is 19.3 Å². The van der Waals surface area contributed by atoms with Gasteiger partial charge in [0.05, 0.1) is 24.9 Å². The van der Waals surface area contributed by atoms with Crippen molar-refractivity contribution in [2.45, 2.75) is 45.2 Å². The molecule has 2 amide bonds. The predicted molar refractivity (Wildman–Crippen MR) is 124 cm³/mol. The van der Waals surface area contributed by atoms with E-state index in [9.17, 15) is 9.59 Å². The molecule has 0 aliphatic carbocycles. The number of hydrogen-bond acceptors (Lipinski definition) is 5. The number of methoxy groups -OCH3 is 2. The van der Waals surface area contributed by atoms with Gasteiger partial charge in [-0.15, -0.1) is 0 Å². The van der Waals surface area contributed by atoms with Crippen LogP contribution < -0.4 is 19.5 Å². The molecular weight excluding hydrogens is 432 g/mol. The van der Waals surface area contributed by atoms with Gasteiger partial charge in [-0.25, -0.2) is 0 Å². The summed E-state index contributed by atoms with van der Waals surface area (Å²) in [7, 11) is 3.00. The molecule has 1 N–H and O–H groups in total. The number of likely N-dealkylation sites (tertiary alicyclic amines) is 1. The minimum Gasteiger partial charge on any atom is -0.495 e. The molecule has 0 spiro atoms. The number of halogens is 1. The van der Waals surface area contributed by atoms with E-state index in [1.165, 1.54) is 14.2 Å². The lowest BCUT2D eigenvalue weighted by Crippen LogP contribution is -2.49. The predicted octanol–water partition coefficient (Wildman–Crippen LogP) is 4.78. The van der Waals surface area contributed by atoms with Crippen LogP contribution in [0.15, 0.2) is 36.4 Å². The number of benzene rings is 2. The lowest BCUT2D eigenvalue weighted by Gasteiger charge is -2.38. The van der Waals surface area contributed by atoms with Crippen molar-refractivity contribution in [2.24, 2.45) is 0 Å². The molecule has 8 heteroatoms. The Balaban J connectivity index is 1.61. The quantitative estimate of drug-likeness (QED) is 0.643. The molecule has 2 aromatic carbocycles. The van der Waals surface area contributed by atoms with E-state index in [1.807, 2.05) is 4.90 Å². The Bertz CT molecular complexity index is 954. The van der Waals surface area contributed by atoms with Gasteiger partial charge in [0.1, 0.15) is 17.2 Å². The zero-order valence-corrected chi connectivity index (χ0v) is 19.6. The summed E-state index contributed by atoms with van der Waals surface area (Å²) in [5.74, 6) is 1.06. The summed E-state index contributed by atoms with van der Waals surface area (Å²) >= 11 is 6.16. The van der Waals surface area contributed by atoms with Crippen molar-refractivity contribution >= 4 is 29.1 Å². The molecule has 2 aromatic rings. The molecule has 2 unspecified atom stereocenters. The van der Waals surface area contributed by atoms with Crippen molar-refractivity contribution in [1.82, 2.24) is 4.90 Å². The maximum Gasteiger partial charge on any atom is 0.260 e. The van der Waals surface area contributed by atoms with Crippen LogP contribution in [0.25, 0.3) is 0 Å². The molecule has 1 saturated heterocycles. The van der Waals surface area contributed by atoms with Crippen molar-refractivity contribution in [3.8, 4) is 17.2 Å². The number of ether oxygens (including phenoxy) is 3. The molecule has 1 heterocycles. The van der Waals surface area contributed by atoms with Crippen molar-refractivity contribution in [1.29, 1.82) is 0 Å². The third kappa shape index (κ3) is 5.46. The highest BCUT2D eigenvalue weighted by Crippen LogP contribution is 2.36. The van der Waals surface area contributed by atoms with Crippen LogP contribution in [-0.2, 0) is 4.79 Å². The first kappa shape index (κ1) is 23.7. The minimum absolute atomic E-state index is 0.0185. The number of carbonyl (C=O) groups excluding carboxylic acids is 2. The summed E-state index contributed by atoms with van der Waals surface area (Å²) in [6.45, 7) is 4.12. The minimum atomic E-state index is -0.330. The zero-order valence-electron chi connectivity index (χ0n) is 18.8. The molecule has 0 aromatic heterocycles. The van der Waals surface area contributed by atoms with E-state index in [-0.39, 0.29) is 30.5 Å². The topological polar surface area (TPSA) is 77.1 Å². The Morgan fingerprint density at radius 1 is 1.03 bits per heavy atom. The molecule has 0 saturated carbocycles. The summed E-state index contributed by atoms with van der Waals surface area (Å²) in [5.41, 5.74) is 0.856. The van der Waals surface area contributed by atoms with E-state index >= 15 is 0 Å². The van der Waals surface area contributed by atoms with Crippen LogP contribution in [0.1, 0.15) is 43.5 Å². The summed E-state index contributed by atoms with van der Waals surface area (Å²) in [4.78, 5) is 27.2. The van der Waals surface area contributed by atoms with E-state index in [2.05, 4.69) is 19.2 Å². The van der Waals surface area contributed by atoms with E-state index < -0.39 is 0 Å². The smallest absolute Gasteiger partial charge is 0.260 e. The Labute approximate surface area is 193 Å². The van der Waals surface area contributed by atoms with E-state index in [1.54, 1.807) is 36.4 Å². The number of piperidine rings is 1. The highest BCUT2D eigenvalue weighted by molar-refractivity contribution is 6.32. The van der Waals surface area contributed by atoms with Gasteiger partial charge in [0, 0.05) is 23.7 Å². The Kier molecular flexibility index (Phi) is 7.85. The summed E-state index contributed by atoms with van der Waals surface area (Å²) in [6.07, 6.45) is 3.18. The number of rotatable bonds is 7. The highest BCUT2D eigenvalue weighted by Gasteiger charge is 2.29. The molecular formula is C24H29ClN2O5. The van der Waals surface area contributed by atoms with Crippen LogP contribution in [0.3, 0.4) is 0 Å². The second-order valence-electron chi connectivity index (χ2n) is 7.88. The van der Waals surface area contributed by atoms with Crippen LogP contribution in [0.4, 0.5) is 5.69 Å². The third-order valence-electron chi connectivity index (χ3n) is 5.68. The molecule has 1 fully saturated rings. The van der Waals surface area contributed by atoms with Gasteiger partial charge in [-0.05, 0) is 63.4 Å². The fraction of sp³-hybridized carbons (Fsp3) is 0.417. The summed E-state index contributed by atoms with van der Waals surface area (Å²) < 4.78 is 16.2. The fourth-order valence-corrected chi connectivity index (χ4v) is 4.23. The van der Waals surface area contributed by atoms with Crippen LogP contribution in [0, 0.1) is 0 Å². The second kappa shape index (κ2) is 10.6. The van der Waals surface area contributed by atoms with Gasteiger partial charge >= 0.3 is 0 Å². The van der Waals surface area contributed by atoms with Crippen molar-refractivity contribution in [2.75, 3.05) is 26.1 Å². The van der Waals surface area contributed by atoms with Gasteiger partial charge < -0.3 is 24.4 Å². The van der Waals surface area contributed by atoms with E-state index in [0.29, 0.717) is 33.5 Å². The Morgan fingerprint density at radius 3 is 2.25 bits per heavy atom. The first-order valence-electron chi connectivity index (χ1n) is 10.6. The molecule has 172 valence electrons. The molecule has 0 bridgehead atoms. The highest BCUT2D eigenvalue weighted by atomic mass is 35.5. The fourth-order valence-electron chi connectivity index (χ4n) is 3.99. The van der Waals surface area contributed by atoms with Gasteiger partial charge in [0.15, 0.2) is 6.61 Å². The molecule has 1 aliphatic heterocycles. The maximum atomic E-state index is 12.7. The standard InChI is InChI=1S/C24H29ClN2O5/c1-15-6-5-7-16(2)27(15)23(28)14-32-18-10-8-17(9-11-18)24(29)26-20-12-19(25)21(30-3)13-22(20)31-4/h8-13,15-16H,5-7,14H2,1-4H3,(H,26,29). The zero-order chi connectivity index (χ0) is 23.3. The molecule has 0 radical (unpaired) electrons. The average Bonchev–Trinajstić information content (AvgIpc) is 2.78. The van der Waals surface area contributed by atoms with Crippen LogP contribution in [0.5, 0.6) is 17.2 Å². The summed E-state index contributed by atoms with van der Waals surface area (Å²) in [5, 5.41) is 3.14. The lowest BCUT2D eigenvalue weighted by atomic mass is 9.97. The van der Waals surface area contributed by atoms with Crippen molar-refractivity contribution < 1.29 is 23.8 Å². The average molecular weight is 461 g/mol. The molecule has 3 rings (SSSR count). The first-order valence-corrected chi connectivity index (χ1v) is 11.0. The Morgan fingerprint density at radius 2 is 1.66 bits per heavy atom. The first-order chi connectivity index (χ1) is 15.3. The number of amides is 2. The normalized spacial score (nSPS) is 18.1. The van der Waals surface area contributed by atoms with Crippen molar-refractivity contribution in [3.63, 3.8) is 0 Å². The molecule has 1 aliphatic rings. The van der Waals surface area contributed by atoms with Gasteiger partial charge in [-0.3, -0.25) is 9.59 Å². The van der Waals surface area contributed by atoms with E-state index in [4.69, 9.17) is 25.8 Å². The number of nitrogens with one attached hydrogen (secondary N) is 1. The lowest BCUT2D eigenvalue weighted by molar-refractivity contribution is -0.139. The molecule has 7 nitrogen and oxygen atoms in total. The number of hydrogen-bond donors (Lipinski definition) is 1. The third-order valence-corrected chi connectivity index (χ3v) is 5.98. The largest absolute Gasteiger partial charge is 0.495 e. The van der Waals surface area contributed by atoms with Crippen LogP contribution in [-0.4, -0.2) is 49.6 Å². The van der Waals surface area contributed by atoms with Gasteiger partial charge in [-0.1, -0.05) is 11.6 Å². The van der Waals surface area contributed by atoms with Gasteiger partial charge in [0.25, 0.3) is 11.8 Å². The Hall–Kier alpha value is -2.93. The van der Waals surface area contributed by atoms with Crippen molar-refractivity contribution in [3.05, 3.63) is 47.0 Å². The second-order valence-corrected chi connectivity index (χ2v) is 8.29. The van der Waals surface area contributed by atoms with Crippen LogP contribution >= 0.6 is 11.6 Å². The number of carbonyl (C=O) groups is 2. The van der Waals surface area contributed by atoms with Gasteiger partial charge in [-0.2, -0.15) is 0 Å². The molecule has 32 heavy (non-hydrogen) atoms. The molecule has 2 atom stereocenters.